The van der Waals surface area contributed by atoms with Gasteiger partial charge in [0.1, 0.15) is 0 Å². The fraction of sp³-hybridized carbons (Fsp3) is 0. The van der Waals surface area contributed by atoms with Crippen LogP contribution in [0.3, 0.4) is 0 Å². The third kappa shape index (κ3) is 2.77. The van der Waals surface area contributed by atoms with E-state index in [1.165, 1.54) is 10.8 Å². The number of hydrogen-bond acceptors (Lipinski definition) is 1. The zero-order valence-electron chi connectivity index (χ0n) is 13.9. The molecular weight excluding hydrogens is 499 g/mol. The maximum absolute atomic E-state index is 4.90. The van der Waals surface area contributed by atoms with Crippen LogP contribution in [0.15, 0.2) is 91.0 Å². The second-order valence-corrected chi connectivity index (χ2v) is 6.07. The minimum absolute atomic E-state index is 0. The minimum Gasteiger partial charge on any atom is -0.333 e. The molecule has 0 atom stereocenters. The van der Waals surface area contributed by atoms with Crippen molar-refractivity contribution in [2.45, 2.75) is 0 Å². The third-order valence-electron chi connectivity index (χ3n) is 4.50. The van der Waals surface area contributed by atoms with Crippen LogP contribution in [-0.4, -0.2) is 9.55 Å². The fourth-order valence-corrected chi connectivity index (χ4v) is 3.30. The predicted octanol–water partition coefficient (Wildman–Crippen LogP) is 5.64. The van der Waals surface area contributed by atoms with Crippen molar-refractivity contribution in [2.75, 3.05) is 0 Å². The Bertz CT molecular complexity index is 1190. The van der Waals surface area contributed by atoms with Gasteiger partial charge in [0.2, 0.25) is 0 Å². The first-order valence-corrected chi connectivity index (χ1v) is 8.34. The molecule has 0 spiro atoms. The summed E-state index contributed by atoms with van der Waals surface area (Å²) in [5.41, 5.74) is 4.19. The summed E-state index contributed by atoms with van der Waals surface area (Å²) in [5.74, 6) is 0.915. The van der Waals surface area contributed by atoms with E-state index in [2.05, 4.69) is 83.4 Å². The molecule has 1 aromatic heterocycles. The van der Waals surface area contributed by atoms with E-state index < -0.39 is 0 Å². The van der Waals surface area contributed by atoms with Gasteiger partial charge in [-0.25, -0.2) is 0 Å². The van der Waals surface area contributed by atoms with Gasteiger partial charge >= 0.3 is 0 Å². The largest absolute Gasteiger partial charge is 0.333 e. The Labute approximate surface area is 166 Å². The van der Waals surface area contributed by atoms with Gasteiger partial charge in [0.05, 0.1) is 16.9 Å². The molecule has 0 amide bonds. The van der Waals surface area contributed by atoms with Crippen LogP contribution >= 0.6 is 0 Å². The average molecular weight is 514 g/mol. The van der Waals surface area contributed by atoms with Crippen molar-refractivity contribution in [3.05, 3.63) is 97.1 Å². The van der Waals surface area contributed by atoms with Crippen molar-refractivity contribution < 1.29 is 21.1 Å². The van der Waals surface area contributed by atoms with Crippen molar-refractivity contribution in [1.82, 2.24) is 9.55 Å². The van der Waals surface area contributed by atoms with E-state index >= 15 is 0 Å². The zero-order valence-corrected chi connectivity index (χ0v) is 16.1. The normalized spacial score (nSPS) is 10.8. The number of aromatic nitrogens is 2. The molecule has 3 heteroatoms. The van der Waals surface area contributed by atoms with E-state index in [1.807, 2.05) is 18.2 Å². The van der Waals surface area contributed by atoms with E-state index in [4.69, 9.17) is 4.98 Å². The Morgan fingerprint density at radius 2 is 1.42 bits per heavy atom. The zero-order chi connectivity index (χ0) is 16.6. The summed E-state index contributed by atoms with van der Waals surface area (Å²) in [6.45, 7) is 0. The summed E-state index contributed by atoms with van der Waals surface area (Å²) < 4.78 is 2.20. The molecule has 128 valence electrons. The standard InChI is InChI=1S/C23H15N2.Pt/c1-2-10-20(11-3-1)25-22-13-7-6-12-21(22)24-23(25)19-15-14-17-8-4-5-9-18(17)16-19;/h1-14,16H;/q-1;. The molecule has 0 aliphatic carbocycles. The molecule has 0 saturated heterocycles. The molecule has 0 N–H and O–H groups in total. The summed E-state index contributed by atoms with van der Waals surface area (Å²) in [6, 6.07) is 34.6. The molecule has 1 heterocycles. The van der Waals surface area contributed by atoms with Gasteiger partial charge in [0, 0.05) is 26.8 Å². The van der Waals surface area contributed by atoms with Gasteiger partial charge in [0.15, 0.2) is 0 Å². The van der Waals surface area contributed by atoms with Gasteiger partial charge in [-0.15, -0.1) is 29.1 Å². The molecule has 0 aliphatic heterocycles. The first kappa shape index (κ1) is 16.7. The smallest absolute Gasteiger partial charge is 0.0774 e. The van der Waals surface area contributed by atoms with Crippen LogP contribution < -0.4 is 0 Å². The van der Waals surface area contributed by atoms with Crippen LogP contribution in [0.1, 0.15) is 0 Å². The number of imidazole rings is 1. The maximum Gasteiger partial charge on any atom is 0.0774 e. The van der Waals surface area contributed by atoms with Gasteiger partial charge in [0.25, 0.3) is 0 Å². The second-order valence-electron chi connectivity index (χ2n) is 6.07. The SMILES string of the molecule is [Pt].[c-]1cc2ccccc2cc1-c1nc2ccccc2n1-c1ccccc1. The molecule has 2 nitrogen and oxygen atoms in total. The summed E-state index contributed by atoms with van der Waals surface area (Å²) in [4.78, 5) is 4.90. The van der Waals surface area contributed by atoms with Crippen LogP contribution in [-0.2, 0) is 21.1 Å². The predicted molar refractivity (Wildman–Crippen MR) is 103 cm³/mol. The van der Waals surface area contributed by atoms with Gasteiger partial charge in [-0.2, -0.15) is 0 Å². The molecule has 0 saturated carbocycles. The van der Waals surface area contributed by atoms with E-state index in [0.717, 1.165) is 28.1 Å². The second kappa shape index (κ2) is 6.90. The van der Waals surface area contributed by atoms with Crippen LogP contribution in [0.5, 0.6) is 0 Å². The Morgan fingerprint density at radius 1 is 0.731 bits per heavy atom. The molecule has 0 fully saturated rings. The molecule has 0 unspecified atom stereocenters. The van der Waals surface area contributed by atoms with Crippen molar-refractivity contribution in [2.24, 2.45) is 0 Å². The number of benzene rings is 4. The molecular formula is C23H15N2Pt-. The quantitative estimate of drug-likeness (QED) is 0.279. The topological polar surface area (TPSA) is 17.8 Å². The number of fused-ring (bicyclic) bond motifs is 2. The molecule has 0 radical (unpaired) electrons. The number of rotatable bonds is 2. The Hall–Kier alpha value is -2.70. The molecule has 5 rings (SSSR count). The van der Waals surface area contributed by atoms with Crippen molar-refractivity contribution in [3.8, 4) is 17.1 Å². The third-order valence-corrected chi connectivity index (χ3v) is 4.50. The van der Waals surface area contributed by atoms with E-state index in [1.54, 1.807) is 0 Å². The summed E-state index contributed by atoms with van der Waals surface area (Å²) in [6.07, 6.45) is 0. The minimum atomic E-state index is 0. The van der Waals surface area contributed by atoms with Crippen LogP contribution in [0, 0.1) is 6.07 Å². The fourth-order valence-electron chi connectivity index (χ4n) is 3.30. The van der Waals surface area contributed by atoms with E-state index in [0.29, 0.717) is 0 Å². The first-order valence-electron chi connectivity index (χ1n) is 8.34. The first-order chi connectivity index (χ1) is 12.4. The summed E-state index contributed by atoms with van der Waals surface area (Å²) in [5, 5.41) is 2.39. The molecule has 0 bridgehead atoms. The molecule has 26 heavy (non-hydrogen) atoms. The Morgan fingerprint density at radius 3 is 2.27 bits per heavy atom. The molecule has 5 aromatic rings. The number of hydrogen-bond donors (Lipinski definition) is 0. The Kier molecular flexibility index (Phi) is 4.44. The monoisotopic (exact) mass is 514 g/mol. The molecule has 0 aliphatic rings. The van der Waals surface area contributed by atoms with Crippen molar-refractivity contribution in [1.29, 1.82) is 0 Å². The maximum atomic E-state index is 4.90. The van der Waals surface area contributed by atoms with Crippen molar-refractivity contribution in [3.63, 3.8) is 0 Å². The number of para-hydroxylation sites is 3. The van der Waals surface area contributed by atoms with Crippen molar-refractivity contribution >= 4 is 21.8 Å². The summed E-state index contributed by atoms with van der Waals surface area (Å²) >= 11 is 0. The van der Waals surface area contributed by atoms with E-state index in [9.17, 15) is 0 Å². The van der Waals surface area contributed by atoms with Crippen LogP contribution in [0.2, 0.25) is 0 Å². The van der Waals surface area contributed by atoms with Gasteiger partial charge in [-0.05, 0) is 24.3 Å². The van der Waals surface area contributed by atoms with Crippen LogP contribution in [0.25, 0.3) is 38.9 Å². The Balaban J connectivity index is 0.00000168. The van der Waals surface area contributed by atoms with Gasteiger partial charge in [-0.1, -0.05) is 60.0 Å². The summed E-state index contributed by atoms with van der Waals surface area (Å²) in [7, 11) is 0. The van der Waals surface area contributed by atoms with E-state index in [-0.39, 0.29) is 21.1 Å². The van der Waals surface area contributed by atoms with Gasteiger partial charge < -0.3 is 4.57 Å². The average Bonchev–Trinajstić information content (AvgIpc) is 3.08. The van der Waals surface area contributed by atoms with Crippen LogP contribution in [0.4, 0.5) is 0 Å². The van der Waals surface area contributed by atoms with Gasteiger partial charge in [-0.3, -0.25) is 4.98 Å². The number of nitrogens with zero attached hydrogens (tertiary/aromatic N) is 2. The molecule has 4 aromatic carbocycles.